The van der Waals surface area contributed by atoms with Crippen molar-refractivity contribution in [1.82, 2.24) is 9.88 Å². The van der Waals surface area contributed by atoms with E-state index in [1.54, 1.807) is 0 Å². The first-order chi connectivity index (χ1) is 10.3. The molecule has 3 rings (SSSR count). The maximum Gasteiger partial charge on any atom is 0.131 e. The first-order valence-corrected chi connectivity index (χ1v) is 8.22. The van der Waals surface area contributed by atoms with E-state index in [0.29, 0.717) is 5.15 Å². The van der Waals surface area contributed by atoms with Crippen LogP contribution in [0.4, 0.5) is 5.69 Å². The molecule has 1 saturated heterocycles. The predicted octanol–water partition coefficient (Wildman–Crippen LogP) is 4.18. The molecular weight excluding hydrogens is 282 g/mol. The topological polar surface area (TPSA) is 28.2 Å². The van der Waals surface area contributed by atoms with Gasteiger partial charge in [-0.25, -0.2) is 4.98 Å². The molecule has 1 fully saturated rings. The number of hydrogen-bond acceptors (Lipinski definition) is 3. The summed E-state index contributed by atoms with van der Waals surface area (Å²) in [6.07, 6.45) is 5.28. The van der Waals surface area contributed by atoms with Gasteiger partial charge in [-0.2, -0.15) is 0 Å². The molecule has 2 aromatic rings. The molecule has 0 radical (unpaired) electrons. The van der Waals surface area contributed by atoms with E-state index in [9.17, 15) is 0 Å². The fourth-order valence-electron chi connectivity index (χ4n) is 3.00. The number of halogens is 1. The molecule has 112 valence electrons. The summed E-state index contributed by atoms with van der Waals surface area (Å²) < 4.78 is 0. The molecule has 21 heavy (non-hydrogen) atoms. The van der Waals surface area contributed by atoms with Gasteiger partial charge >= 0.3 is 0 Å². The zero-order valence-electron chi connectivity index (χ0n) is 12.3. The van der Waals surface area contributed by atoms with E-state index in [0.717, 1.165) is 29.6 Å². The Hall–Kier alpha value is -1.32. The Morgan fingerprint density at radius 3 is 2.81 bits per heavy atom. The third kappa shape index (κ3) is 3.86. The van der Waals surface area contributed by atoms with Crippen molar-refractivity contribution >= 4 is 28.2 Å². The van der Waals surface area contributed by atoms with Crippen LogP contribution in [-0.2, 0) is 0 Å². The Labute approximate surface area is 131 Å². The smallest absolute Gasteiger partial charge is 0.131 e. The monoisotopic (exact) mass is 303 g/mol. The quantitative estimate of drug-likeness (QED) is 0.663. The molecule has 3 nitrogen and oxygen atoms in total. The number of nitrogens with one attached hydrogen (secondary N) is 1. The molecule has 1 aromatic carbocycles. The second-order valence-electron chi connectivity index (χ2n) is 5.69. The molecule has 1 aromatic heterocycles. The van der Waals surface area contributed by atoms with Crippen molar-refractivity contribution in [3.05, 3.63) is 35.5 Å². The second-order valence-corrected chi connectivity index (χ2v) is 6.08. The summed E-state index contributed by atoms with van der Waals surface area (Å²) in [6, 6.07) is 10.0. The van der Waals surface area contributed by atoms with Gasteiger partial charge in [-0.1, -0.05) is 36.2 Å². The van der Waals surface area contributed by atoms with Crippen LogP contribution in [-0.4, -0.2) is 36.1 Å². The van der Waals surface area contributed by atoms with E-state index in [2.05, 4.69) is 21.3 Å². The number of pyridine rings is 1. The number of anilines is 1. The molecule has 0 aliphatic carbocycles. The minimum absolute atomic E-state index is 0.548. The molecule has 0 bridgehead atoms. The highest BCUT2D eigenvalue weighted by molar-refractivity contribution is 6.30. The van der Waals surface area contributed by atoms with Gasteiger partial charge in [0.25, 0.3) is 0 Å². The third-order valence-corrected chi connectivity index (χ3v) is 4.29. The van der Waals surface area contributed by atoms with Crippen molar-refractivity contribution in [3.8, 4) is 0 Å². The summed E-state index contributed by atoms with van der Waals surface area (Å²) >= 11 is 6.10. The zero-order chi connectivity index (χ0) is 14.5. The summed E-state index contributed by atoms with van der Waals surface area (Å²) in [7, 11) is 0. The number of piperidine rings is 1. The molecular formula is C17H22ClN3. The molecule has 1 aliphatic rings. The molecule has 0 spiro atoms. The van der Waals surface area contributed by atoms with Crippen molar-refractivity contribution < 1.29 is 0 Å². The van der Waals surface area contributed by atoms with Gasteiger partial charge in [0.2, 0.25) is 0 Å². The van der Waals surface area contributed by atoms with Crippen LogP contribution in [0.1, 0.15) is 25.7 Å². The van der Waals surface area contributed by atoms with Crippen LogP contribution < -0.4 is 5.32 Å². The van der Waals surface area contributed by atoms with Gasteiger partial charge in [0, 0.05) is 17.6 Å². The van der Waals surface area contributed by atoms with E-state index in [-0.39, 0.29) is 0 Å². The van der Waals surface area contributed by atoms with Gasteiger partial charge in [-0.3, -0.25) is 0 Å². The first-order valence-electron chi connectivity index (χ1n) is 7.84. The lowest BCUT2D eigenvalue weighted by molar-refractivity contribution is 0.228. The lowest BCUT2D eigenvalue weighted by Gasteiger charge is -2.26. The SMILES string of the molecule is Clc1cc(NCCCN2CCCCC2)c2ccccc2n1. The average Bonchev–Trinajstić information content (AvgIpc) is 2.52. The fourth-order valence-corrected chi connectivity index (χ4v) is 3.20. The summed E-state index contributed by atoms with van der Waals surface area (Å²) in [5.41, 5.74) is 2.03. The van der Waals surface area contributed by atoms with Gasteiger partial charge in [0.05, 0.1) is 5.52 Å². The van der Waals surface area contributed by atoms with Crippen molar-refractivity contribution in [1.29, 1.82) is 0 Å². The maximum atomic E-state index is 6.10. The number of nitrogens with zero attached hydrogens (tertiary/aromatic N) is 2. The largest absolute Gasteiger partial charge is 0.384 e. The number of rotatable bonds is 5. The zero-order valence-corrected chi connectivity index (χ0v) is 13.1. The molecule has 0 atom stereocenters. The highest BCUT2D eigenvalue weighted by Gasteiger charge is 2.09. The Morgan fingerprint density at radius 2 is 1.95 bits per heavy atom. The maximum absolute atomic E-state index is 6.10. The van der Waals surface area contributed by atoms with Crippen molar-refractivity contribution in [2.24, 2.45) is 0 Å². The normalized spacial score (nSPS) is 16.2. The van der Waals surface area contributed by atoms with Gasteiger partial charge in [-0.05, 0) is 51.0 Å². The van der Waals surface area contributed by atoms with Gasteiger partial charge < -0.3 is 10.2 Å². The Morgan fingerprint density at radius 1 is 1.14 bits per heavy atom. The van der Waals surface area contributed by atoms with Crippen molar-refractivity contribution in [2.75, 3.05) is 31.5 Å². The van der Waals surface area contributed by atoms with Gasteiger partial charge in [0.15, 0.2) is 0 Å². The summed E-state index contributed by atoms with van der Waals surface area (Å²) in [4.78, 5) is 6.93. The van der Waals surface area contributed by atoms with Crippen LogP contribution in [0.15, 0.2) is 30.3 Å². The van der Waals surface area contributed by atoms with Crippen LogP contribution in [0.2, 0.25) is 5.15 Å². The number of para-hydroxylation sites is 1. The lowest BCUT2D eigenvalue weighted by Crippen LogP contribution is -2.31. The molecule has 0 unspecified atom stereocenters. The van der Waals surface area contributed by atoms with Crippen LogP contribution in [0.5, 0.6) is 0 Å². The molecule has 0 amide bonds. The Bertz CT molecular complexity index is 594. The van der Waals surface area contributed by atoms with Gasteiger partial charge in [-0.15, -0.1) is 0 Å². The fraction of sp³-hybridized carbons (Fsp3) is 0.471. The van der Waals surface area contributed by atoms with Crippen molar-refractivity contribution in [3.63, 3.8) is 0 Å². The number of benzene rings is 1. The minimum atomic E-state index is 0.548. The molecule has 4 heteroatoms. The lowest BCUT2D eigenvalue weighted by atomic mass is 10.1. The molecule has 1 N–H and O–H groups in total. The Balaban J connectivity index is 1.57. The highest BCUT2D eigenvalue weighted by Crippen LogP contribution is 2.25. The first kappa shape index (κ1) is 14.6. The van der Waals surface area contributed by atoms with E-state index in [1.165, 1.54) is 38.9 Å². The highest BCUT2D eigenvalue weighted by atomic mass is 35.5. The summed E-state index contributed by atoms with van der Waals surface area (Å²) in [5, 5.41) is 5.20. The number of fused-ring (bicyclic) bond motifs is 1. The van der Waals surface area contributed by atoms with Gasteiger partial charge in [0.1, 0.15) is 5.15 Å². The van der Waals surface area contributed by atoms with Crippen molar-refractivity contribution in [2.45, 2.75) is 25.7 Å². The van der Waals surface area contributed by atoms with Crippen LogP contribution in [0.3, 0.4) is 0 Å². The second kappa shape index (κ2) is 7.10. The number of hydrogen-bond donors (Lipinski definition) is 1. The third-order valence-electron chi connectivity index (χ3n) is 4.10. The van der Waals surface area contributed by atoms with Crippen LogP contribution in [0, 0.1) is 0 Å². The standard InChI is InChI=1S/C17H22ClN3/c18-17-13-16(14-7-2-3-8-15(14)20-17)19-9-6-12-21-10-4-1-5-11-21/h2-3,7-8,13H,1,4-6,9-12H2,(H,19,20). The van der Waals surface area contributed by atoms with E-state index < -0.39 is 0 Å². The number of aromatic nitrogens is 1. The summed E-state index contributed by atoms with van der Waals surface area (Å²) in [6.45, 7) is 4.69. The van der Waals surface area contributed by atoms with E-state index in [1.807, 2.05) is 24.3 Å². The predicted molar refractivity (Wildman–Crippen MR) is 90.2 cm³/mol. The van der Waals surface area contributed by atoms with Crippen LogP contribution in [0.25, 0.3) is 10.9 Å². The summed E-state index contributed by atoms with van der Waals surface area (Å²) in [5.74, 6) is 0. The number of likely N-dealkylation sites (tertiary alicyclic amines) is 1. The average molecular weight is 304 g/mol. The molecule has 0 saturated carbocycles. The van der Waals surface area contributed by atoms with E-state index >= 15 is 0 Å². The minimum Gasteiger partial charge on any atom is -0.384 e. The molecule has 2 heterocycles. The van der Waals surface area contributed by atoms with E-state index in [4.69, 9.17) is 11.6 Å². The van der Waals surface area contributed by atoms with Crippen LogP contribution >= 0.6 is 11.6 Å². The Kier molecular flexibility index (Phi) is 4.94. The molecule has 1 aliphatic heterocycles.